The van der Waals surface area contributed by atoms with Crippen molar-refractivity contribution in [2.75, 3.05) is 31.2 Å². The second-order valence-corrected chi connectivity index (χ2v) is 8.10. The smallest absolute Gasteiger partial charge is 0.341 e. The normalized spacial score (nSPS) is 15.3. The number of aliphatic hydroxyl groups excluding tert-OH is 2. The maximum atomic E-state index is 12.8. The summed E-state index contributed by atoms with van der Waals surface area (Å²) in [4.78, 5) is 40.5. The molecular weight excluding hydrogens is 426 g/mol. The number of hydroxylamine groups is 1. The molecule has 0 unspecified atom stereocenters. The average Bonchev–Trinajstić information content (AvgIpc) is 3.23. The van der Waals surface area contributed by atoms with E-state index in [0.29, 0.717) is 35.2 Å². The number of rotatable bonds is 8. The Morgan fingerprint density at radius 3 is 2.87 bits per heavy atom. The van der Waals surface area contributed by atoms with Crippen molar-refractivity contribution in [2.45, 2.75) is 19.1 Å². The van der Waals surface area contributed by atoms with Crippen LogP contribution >= 0.6 is 11.3 Å². The van der Waals surface area contributed by atoms with E-state index >= 15 is 0 Å². The van der Waals surface area contributed by atoms with Gasteiger partial charge < -0.3 is 20.2 Å². The molecule has 4 N–H and O–H groups in total. The van der Waals surface area contributed by atoms with E-state index in [9.17, 15) is 19.8 Å². The fourth-order valence-corrected chi connectivity index (χ4v) is 3.95. The van der Waals surface area contributed by atoms with Crippen LogP contribution < -0.4 is 15.8 Å². The molecule has 164 valence electrons. The number of carbonyl (C=O) groups is 1. The first kappa shape index (κ1) is 21.3. The minimum absolute atomic E-state index is 0.0132. The first-order valence-electron chi connectivity index (χ1n) is 9.50. The summed E-state index contributed by atoms with van der Waals surface area (Å²) >= 11 is 1.31. The van der Waals surface area contributed by atoms with Gasteiger partial charge in [0, 0.05) is 30.9 Å². The van der Waals surface area contributed by atoms with E-state index in [0.717, 1.165) is 0 Å². The zero-order valence-electron chi connectivity index (χ0n) is 16.6. The highest BCUT2D eigenvalue weighted by molar-refractivity contribution is 7.12. The molecule has 4 rings (SSSR count). The molecule has 1 fully saturated rings. The molecular formula is C19H21N5O6S. The van der Waals surface area contributed by atoms with Crippen molar-refractivity contribution in [2.24, 2.45) is 0 Å². The number of nitrogens with one attached hydrogen (secondary N) is 1. The van der Waals surface area contributed by atoms with Gasteiger partial charge in [-0.25, -0.2) is 14.8 Å². The molecule has 0 aliphatic carbocycles. The van der Waals surface area contributed by atoms with Crippen molar-refractivity contribution in [3.8, 4) is 5.13 Å². The first-order valence-corrected chi connectivity index (χ1v) is 10.4. The molecule has 0 bridgehead atoms. The van der Waals surface area contributed by atoms with E-state index in [2.05, 4.69) is 15.4 Å². The highest BCUT2D eigenvalue weighted by Gasteiger charge is 2.29. The second-order valence-electron chi connectivity index (χ2n) is 7.22. The number of fused-ring (bicyclic) bond motifs is 1. The van der Waals surface area contributed by atoms with Crippen molar-refractivity contribution in [1.82, 2.24) is 20.0 Å². The number of anilines is 1. The summed E-state index contributed by atoms with van der Waals surface area (Å²) in [5, 5.41) is 30.1. The zero-order chi connectivity index (χ0) is 22.1. The van der Waals surface area contributed by atoms with Gasteiger partial charge in [-0.05, 0) is 18.6 Å². The zero-order valence-corrected chi connectivity index (χ0v) is 17.4. The van der Waals surface area contributed by atoms with Crippen LogP contribution in [0.15, 0.2) is 28.6 Å². The molecule has 3 aromatic heterocycles. The summed E-state index contributed by atoms with van der Waals surface area (Å²) < 4.78 is 1.54. The lowest BCUT2D eigenvalue weighted by Crippen LogP contribution is -2.58. The van der Waals surface area contributed by atoms with Crippen LogP contribution in [0.4, 0.5) is 5.82 Å². The minimum Gasteiger partial charge on any atom is -0.477 e. The number of pyridine rings is 2. The minimum atomic E-state index is -1.30. The Morgan fingerprint density at radius 2 is 2.23 bits per heavy atom. The summed E-state index contributed by atoms with van der Waals surface area (Å²) in [6, 6.07) is 1.77. The highest BCUT2D eigenvalue weighted by Crippen LogP contribution is 2.26. The number of hydrogen-bond acceptors (Lipinski definition) is 10. The molecule has 0 spiro atoms. The Labute approximate surface area is 180 Å². The van der Waals surface area contributed by atoms with Gasteiger partial charge in [-0.1, -0.05) is 0 Å². The number of thiazole rings is 1. The Hall–Kier alpha value is -2.90. The predicted octanol–water partition coefficient (Wildman–Crippen LogP) is -0.0882. The van der Waals surface area contributed by atoms with Gasteiger partial charge in [0.1, 0.15) is 17.5 Å². The number of aromatic carboxylic acids is 1. The van der Waals surface area contributed by atoms with Crippen LogP contribution in [0.1, 0.15) is 15.9 Å². The van der Waals surface area contributed by atoms with Crippen molar-refractivity contribution < 1.29 is 25.0 Å². The molecule has 31 heavy (non-hydrogen) atoms. The topological polar surface area (TPSA) is 150 Å². The van der Waals surface area contributed by atoms with E-state index in [4.69, 9.17) is 9.94 Å². The molecule has 3 aromatic rings. The molecule has 0 radical (unpaired) electrons. The van der Waals surface area contributed by atoms with Crippen molar-refractivity contribution in [3.05, 3.63) is 45.2 Å². The molecule has 12 heteroatoms. The van der Waals surface area contributed by atoms with Gasteiger partial charge in [0.15, 0.2) is 10.8 Å². The fourth-order valence-electron chi connectivity index (χ4n) is 3.33. The van der Waals surface area contributed by atoms with E-state index in [1.165, 1.54) is 22.1 Å². The number of aryl methyl sites for hydroxylation is 1. The molecule has 1 saturated heterocycles. The number of aromatic nitrogens is 3. The van der Waals surface area contributed by atoms with Crippen LogP contribution in [0.3, 0.4) is 0 Å². The molecule has 1 aliphatic heterocycles. The summed E-state index contributed by atoms with van der Waals surface area (Å²) in [6.45, 7) is 2.53. The van der Waals surface area contributed by atoms with Gasteiger partial charge in [0.2, 0.25) is 5.43 Å². The predicted molar refractivity (Wildman–Crippen MR) is 113 cm³/mol. The third-order valence-corrected chi connectivity index (χ3v) is 5.71. The molecule has 0 amide bonds. The van der Waals surface area contributed by atoms with E-state index < -0.39 is 17.5 Å². The SMILES string of the molecule is Cc1cc(N2CC(NOC[C@H](O)CO)C2)nc2c1c(=O)c(C(=O)O)cn2-c1nccs1. The first-order chi connectivity index (χ1) is 14.9. The average molecular weight is 447 g/mol. The van der Waals surface area contributed by atoms with Gasteiger partial charge in [0.25, 0.3) is 0 Å². The number of carboxylic acid groups (broad SMARTS) is 1. The van der Waals surface area contributed by atoms with Crippen molar-refractivity contribution in [1.29, 1.82) is 0 Å². The molecule has 0 saturated carbocycles. The second kappa shape index (κ2) is 8.69. The Kier molecular flexibility index (Phi) is 5.98. The van der Waals surface area contributed by atoms with Crippen LogP contribution in [0.2, 0.25) is 0 Å². The lowest BCUT2D eigenvalue weighted by Gasteiger charge is -2.40. The maximum absolute atomic E-state index is 12.8. The Morgan fingerprint density at radius 1 is 1.45 bits per heavy atom. The van der Waals surface area contributed by atoms with Gasteiger partial charge in [-0.3, -0.25) is 14.2 Å². The van der Waals surface area contributed by atoms with Gasteiger partial charge in [0.05, 0.1) is 24.6 Å². The molecule has 1 atom stereocenters. The summed E-state index contributed by atoms with van der Waals surface area (Å²) in [5.41, 5.74) is 2.88. The van der Waals surface area contributed by atoms with E-state index in [-0.39, 0.29) is 30.2 Å². The number of aliphatic hydroxyl groups is 2. The molecule has 1 aliphatic rings. The Balaban J connectivity index is 1.64. The molecule has 11 nitrogen and oxygen atoms in total. The standard InChI is InChI=1S/C19H21N5O6S/c1-10-4-14(23-5-11(6-23)22-30-9-12(26)8-25)21-17-15(10)16(27)13(18(28)29)7-24(17)19-20-2-3-31-19/h2-4,7,11-12,22,25-26H,5-6,8-9H2,1H3,(H,28,29)/t12-/m1/s1. The van der Waals surface area contributed by atoms with Crippen LogP contribution in [0.5, 0.6) is 0 Å². The van der Waals surface area contributed by atoms with E-state index in [1.54, 1.807) is 24.6 Å². The van der Waals surface area contributed by atoms with Crippen LogP contribution in [0.25, 0.3) is 16.2 Å². The van der Waals surface area contributed by atoms with E-state index in [1.807, 2.05) is 4.90 Å². The van der Waals surface area contributed by atoms with Gasteiger partial charge in [-0.2, -0.15) is 5.48 Å². The number of hydrogen-bond donors (Lipinski definition) is 4. The highest BCUT2D eigenvalue weighted by atomic mass is 32.1. The summed E-state index contributed by atoms with van der Waals surface area (Å²) in [6.07, 6.45) is 1.93. The lowest BCUT2D eigenvalue weighted by atomic mass is 10.1. The van der Waals surface area contributed by atoms with Crippen LogP contribution in [0, 0.1) is 6.92 Å². The summed E-state index contributed by atoms with van der Waals surface area (Å²) in [7, 11) is 0. The number of carboxylic acids is 1. The lowest BCUT2D eigenvalue weighted by molar-refractivity contribution is -0.0529. The van der Waals surface area contributed by atoms with Crippen LogP contribution in [-0.4, -0.2) is 74.3 Å². The monoisotopic (exact) mass is 447 g/mol. The number of nitrogens with zero attached hydrogens (tertiary/aromatic N) is 4. The summed E-state index contributed by atoms with van der Waals surface area (Å²) in [5.74, 6) is -0.658. The van der Waals surface area contributed by atoms with Gasteiger partial charge in [-0.15, -0.1) is 11.3 Å². The Bertz CT molecular complexity index is 1160. The molecule has 0 aromatic carbocycles. The van der Waals surface area contributed by atoms with Crippen molar-refractivity contribution >= 4 is 34.2 Å². The van der Waals surface area contributed by atoms with Crippen LogP contribution in [-0.2, 0) is 4.84 Å². The third kappa shape index (κ3) is 4.16. The fraction of sp³-hybridized carbons (Fsp3) is 0.368. The maximum Gasteiger partial charge on any atom is 0.341 e. The third-order valence-electron chi connectivity index (χ3n) is 4.94. The quantitative estimate of drug-likeness (QED) is 0.345. The largest absolute Gasteiger partial charge is 0.477 e. The van der Waals surface area contributed by atoms with Crippen molar-refractivity contribution in [3.63, 3.8) is 0 Å². The van der Waals surface area contributed by atoms with Gasteiger partial charge >= 0.3 is 5.97 Å². The molecule has 4 heterocycles.